The van der Waals surface area contributed by atoms with Crippen LogP contribution in [0.25, 0.3) is 0 Å². The van der Waals surface area contributed by atoms with Gasteiger partial charge in [0.25, 0.3) is 0 Å². The highest BCUT2D eigenvalue weighted by Gasteiger charge is 2.34. The van der Waals surface area contributed by atoms with Gasteiger partial charge in [0.15, 0.2) is 0 Å². The number of carbonyl (C=O) groups is 1. The molecule has 1 aromatic rings. The first-order valence-electron chi connectivity index (χ1n) is 6.68. The fraction of sp³-hybridized carbons (Fsp3) is 0.533. The molecular weight excluding hydrogens is 226 g/mol. The molecule has 0 radical (unpaired) electrons. The lowest BCUT2D eigenvalue weighted by Crippen LogP contribution is -2.26. The third-order valence-electron chi connectivity index (χ3n) is 4.40. The number of hydrogen-bond donors (Lipinski definition) is 1. The quantitative estimate of drug-likeness (QED) is 0.886. The molecule has 0 aromatic heterocycles. The minimum atomic E-state index is -0.853. The smallest absolute Gasteiger partial charge is 0.335 e. The summed E-state index contributed by atoms with van der Waals surface area (Å²) >= 11 is 0. The van der Waals surface area contributed by atoms with Crippen molar-refractivity contribution in [3.05, 3.63) is 29.8 Å². The molecule has 1 N–H and O–H groups in total. The minimum absolute atomic E-state index is 0.373. The van der Waals surface area contributed by atoms with Gasteiger partial charge in [-0.15, -0.1) is 0 Å². The second-order valence-corrected chi connectivity index (χ2v) is 5.23. The Kier molecular flexibility index (Phi) is 3.60. The fourth-order valence-corrected chi connectivity index (χ4v) is 2.82. The molecule has 0 amide bonds. The maximum Gasteiger partial charge on any atom is 0.335 e. The van der Waals surface area contributed by atoms with Gasteiger partial charge in [-0.2, -0.15) is 0 Å². The van der Waals surface area contributed by atoms with Crippen molar-refractivity contribution in [3.8, 4) is 0 Å². The van der Waals surface area contributed by atoms with Gasteiger partial charge in [0.2, 0.25) is 0 Å². The summed E-state index contributed by atoms with van der Waals surface area (Å²) in [5, 5.41) is 9.03. The van der Waals surface area contributed by atoms with E-state index in [1.54, 1.807) is 12.1 Å². The zero-order valence-corrected chi connectivity index (χ0v) is 11.1. The summed E-state index contributed by atoms with van der Waals surface area (Å²) in [4.78, 5) is 13.3. The van der Waals surface area contributed by atoms with Crippen LogP contribution in [-0.2, 0) is 0 Å². The molecule has 1 fully saturated rings. The van der Waals surface area contributed by atoms with Crippen LogP contribution in [0.5, 0.6) is 0 Å². The second-order valence-electron chi connectivity index (χ2n) is 5.23. The van der Waals surface area contributed by atoms with Crippen molar-refractivity contribution in [1.82, 2.24) is 0 Å². The van der Waals surface area contributed by atoms with Crippen LogP contribution in [0.4, 0.5) is 5.69 Å². The average molecular weight is 247 g/mol. The predicted molar refractivity (Wildman–Crippen MR) is 73.2 cm³/mol. The van der Waals surface area contributed by atoms with E-state index in [2.05, 4.69) is 18.7 Å². The monoisotopic (exact) mass is 247 g/mol. The van der Waals surface area contributed by atoms with Crippen LogP contribution in [0.15, 0.2) is 24.3 Å². The van der Waals surface area contributed by atoms with Crippen LogP contribution in [0.2, 0.25) is 0 Å². The van der Waals surface area contributed by atoms with Gasteiger partial charge in [-0.05, 0) is 42.9 Å². The Balaban J connectivity index is 2.19. The lowest BCUT2D eigenvalue weighted by molar-refractivity contribution is 0.0697. The summed E-state index contributed by atoms with van der Waals surface area (Å²) in [5.41, 5.74) is 1.83. The molecule has 0 unspecified atom stereocenters. The highest BCUT2D eigenvalue weighted by atomic mass is 16.4. The fourth-order valence-electron chi connectivity index (χ4n) is 2.82. The number of nitrogens with zero attached hydrogens (tertiary/aromatic N) is 1. The van der Waals surface area contributed by atoms with Crippen LogP contribution in [0, 0.1) is 5.41 Å². The van der Waals surface area contributed by atoms with Crippen molar-refractivity contribution in [2.24, 2.45) is 5.41 Å². The molecule has 1 saturated heterocycles. The number of carboxylic acids is 1. The van der Waals surface area contributed by atoms with E-state index in [-0.39, 0.29) is 0 Å². The molecule has 0 spiro atoms. The van der Waals surface area contributed by atoms with Gasteiger partial charge in [-0.3, -0.25) is 0 Å². The van der Waals surface area contributed by atoms with Crippen molar-refractivity contribution < 1.29 is 9.90 Å². The number of carboxylic acid groups (broad SMARTS) is 1. The molecular formula is C15H21NO2. The Bertz CT molecular complexity index is 438. The van der Waals surface area contributed by atoms with Gasteiger partial charge in [-0.1, -0.05) is 19.9 Å². The summed E-state index contributed by atoms with van der Waals surface area (Å²) in [5.74, 6) is -0.853. The first kappa shape index (κ1) is 12.9. The summed E-state index contributed by atoms with van der Waals surface area (Å²) in [7, 11) is 0. The first-order chi connectivity index (χ1) is 8.60. The SMILES string of the molecule is CCC1(CC)CCN(c2cccc(C(=O)O)c2)C1. The predicted octanol–water partition coefficient (Wildman–Crippen LogP) is 3.40. The third-order valence-corrected chi connectivity index (χ3v) is 4.40. The molecule has 3 nitrogen and oxygen atoms in total. The molecule has 18 heavy (non-hydrogen) atoms. The topological polar surface area (TPSA) is 40.5 Å². The van der Waals surface area contributed by atoms with E-state index in [9.17, 15) is 4.79 Å². The van der Waals surface area contributed by atoms with Crippen LogP contribution in [-0.4, -0.2) is 24.2 Å². The average Bonchev–Trinajstić information content (AvgIpc) is 2.84. The van der Waals surface area contributed by atoms with Gasteiger partial charge in [0.1, 0.15) is 0 Å². The van der Waals surface area contributed by atoms with E-state index in [0.29, 0.717) is 11.0 Å². The van der Waals surface area contributed by atoms with Gasteiger partial charge in [-0.25, -0.2) is 4.79 Å². The molecule has 0 atom stereocenters. The molecule has 0 aliphatic carbocycles. The Morgan fingerprint density at radius 2 is 2.11 bits per heavy atom. The molecule has 3 heteroatoms. The lowest BCUT2D eigenvalue weighted by atomic mass is 9.82. The van der Waals surface area contributed by atoms with Crippen molar-refractivity contribution in [2.75, 3.05) is 18.0 Å². The Hall–Kier alpha value is -1.51. The first-order valence-corrected chi connectivity index (χ1v) is 6.68. The molecule has 2 rings (SSSR count). The Labute approximate surface area is 108 Å². The standard InChI is InChI=1S/C15H21NO2/c1-3-15(4-2)8-9-16(11-15)13-7-5-6-12(10-13)14(17)18/h5-7,10H,3-4,8-9,11H2,1-2H3,(H,17,18). The van der Waals surface area contributed by atoms with E-state index >= 15 is 0 Å². The molecule has 0 saturated carbocycles. The summed E-state index contributed by atoms with van der Waals surface area (Å²) in [6.45, 7) is 6.58. The molecule has 98 valence electrons. The van der Waals surface area contributed by atoms with Crippen LogP contribution in [0.1, 0.15) is 43.5 Å². The van der Waals surface area contributed by atoms with Crippen molar-refractivity contribution in [2.45, 2.75) is 33.1 Å². The number of hydrogen-bond acceptors (Lipinski definition) is 2. The van der Waals surface area contributed by atoms with Crippen molar-refractivity contribution >= 4 is 11.7 Å². The highest BCUT2D eigenvalue weighted by Crippen LogP contribution is 2.39. The van der Waals surface area contributed by atoms with E-state index < -0.39 is 5.97 Å². The van der Waals surface area contributed by atoms with E-state index in [1.165, 1.54) is 19.3 Å². The normalized spacial score (nSPS) is 18.0. The number of benzene rings is 1. The summed E-state index contributed by atoms with van der Waals surface area (Å²) in [6, 6.07) is 7.27. The maximum atomic E-state index is 11.0. The van der Waals surface area contributed by atoms with Crippen molar-refractivity contribution in [3.63, 3.8) is 0 Å². The Morgan fingerprint density at radius 3 is 2.67 bits per heavy atom. The van der Waals surface area contributed by atoms with E-state index in [0.717, 1.165) is 18.8 Å². The Morgan fingerprint density at radius 1 is 1.39 bits per heavy atom. The van der Waals surface area contributed by atoms with Crippen LogP contribution >= 0.6 is 0 Å². The number of aromatic carboxylic acids is 1. The molecule has 1 aliphatic heterocycles. The van der Waals surface area contributed by atoms with E-state index in [1.807, 2.05) is 12.1 Å². The second kappa shape index (κ2) is 5.01. The van der Waals surface area contributed by atoms with Crippen LogP contribution in [0.3, 0.4) is 0 Å². The maximum absolute atomic E-state index is 11.0. The zero-order valence-electron chi connectivity index (χ0n) is 11.1. The van der Waals surface area contributed by atoms with Crippen LogP contribution < -0.4 is 4.90 Å². The number of rotatable bonds is 4. The minimum Gasteiger partial charge on any atom is -0.478 e. The van der Waals surface area contributed by atoms with Gasteiger partial charge >= 0.3 is 5.97 Å². The summed E-state index contributed by atoms with van der Waals surface area (Å²) < 4.78 is 0. The molecule has 0 bridgehead atoms. The third kappa shape index (κ3) is 2.35. The van der Waals surface area contributed by atoms with Gasteiger partial charge < -0.3 is 10.0 Å². The molecule has 1 aromatic carbocycles. The van der Waals surface area contributed by atoms with Gasteiger partial charge in [0.05, 0.1) is 5.56 Å². The molecule has 1 heterocycles. The van der Waals surface area contributed by atoms with Crippen molar-refractivity contribution in [1.29, 1.82) is 0 Å². The highest BCUT2D eigenvalue weighted by molar-refractivity contribution is 5.88. The zero-order chi connectivity index (χ0) is 13.2. The molecule has 1 aliphatic rings. The van der Waals surface area contributed by atoms with Gasteiger partial charge in [0, 0.05) is 18.8 Å². The lowest BCUT2D eigenvalue weighted by Gasteiger charge is -2.27. The number of anilines is 1. The summed E-state index contributed by atoms with van der Waals surface area (Å²) in [6.07, 6.45) is 3.59. The van der Waals surface area contributed by atoms with E-state index in [4.69, 9.17) is 5.11 Å². The largest absolute Gasteiger partial charge is 0.478 e.